The molecular weight excluding hydrogens is 314 g/mol. The van der Waals surface area contributed by atoms with Crippen LogP contribution < -0.4 is 0 Å². The molecule has 0 aromatic heterocycles. The molecule has 0 fully saturated rings. The average molecular weight is 332 g/mol. The van der Waals surface area contributed by atoms with Gasteiger partial charge in [0.1, 0.15) is 0 Å². The molecule has 0 saturated heterocycles. The molecule has 0 saturated carbocycles. The molecule has 4 nitrogen and oxygen atoms in total. The zero-order valence-electron chi connectivity index (χ0n) is 10.2. The van der Waals surface area contributed by atoms with Gasteiger partial charge in [0.15, 0.2) is 11.9 Å². The summed E-state index contributed by atoms with van der Waals surface area (Å²) in [5, 5.41) is 0. The zero-order valence-corrected chi connectivity index (χ0v) is 15.0. The first-order valence-electron chi connectivity index (χ1n) is 4.90. The Balaban J connectivity index is -0.000000218. The topological polar surface area (TPSA) is 52.6 Å². The number of ether oxygens (including phenoxy) is 2. The van der Waals surface area contributed by atoms with Crippen molar-refractivity contribution in [2.45, 2.75) is 26.7 Å². The molecule has 0 amide bonds. The number of thiol groups is 2. The van der Waals surface area contributed by atoms with Gasteiger partial charge in [0.2, 0.25) is 0 Å². The van der Waals surface area contributed by atoms with Gasteiger partial charge in [-0.15, -0.1) is 0 Å². The molecule has 0 aromatic rings. The summed E-state index contributed by atoms with van der Waals surface area (Å²) in [5.74, 6) is 1.48. The Labute approximate surface area is 127 Å². The predicted molar refractivity (Wildman–Crippen MR) is 69.1 cm³/mol. The summed E-state index contributed by atoms with van der Waals surface area (Å²) in [4.78, 5) is 20.4. The van der Waals surface area contributed by atoms with E-state index in [4.69, 9.17) is 0 Å². The van der Waals surface area contributed by atoms with Gasteiger partial charge in [-0.05, 0) is 12.8 Å². The van der Waals surface area contributed by atoms with Crippen LogP contribution >= 0.6 is 25.3 Å². The normalized spacial score (nSPS) is 7.76. The van der Waals surface area contributed by atoms with Gasteiger partial charge in [0.25, 0.3) is 0 Å². The van der Waals surface area contributed by atoms with Gasteiger partial charge in [-0.3, -0.25) is 9.59 Å². The zero-order chi connectivity index (χ0) is 12.8. The van der Waals surface area contributed by atoms with Gasteiger partial charge in [0.05, 0.1) is 13.2 Å². The molecule has 0 radical (unpaired) electrons. The van der Waals surface area contributed by atoms with Crippen molar-refractivity contribution in [3.05, 3.63) is 11.5 Å². The van der Waals surface area contributed by atoms with Gasteiger partial charge >= 0.3 is 19.5 Å². The molecule has 96 valence electrons. The van der Waals surface area contributed by atoms with Crippen LogP contribution in [0.2, 0.25) is 0 Å². The second kappa shape index (κ2) is 18.4. The maximum atomic E-state index is 10.2. The molecule has 0 aromatic carbocycles. The average Bonchev–Trinajstić information content (AvgIpc) is 2.33. The van der Waals surface area contributed by atoms with Crippen LogP contribution in [0.1, 0.15) is 26.7 Å². The quantitative estimate of drug-likeness (QED) is 0.338. The van der Waals surface area contributed by atoms with Crippen molar-refractivity contribution >= 4 is 37.2 Å². The first-order valence-corrected chi connectivity index (χ1v) is 5.93. The number of hydrogen-bond acceptors (Lipinski definition) is 6. The van der Waals surface area contributed by atoms with E-state index in [0.29, 0.717) is 13.2 Å². The molecule has 0 aliphatic heterocycles. The fraction of sp³-hybridized carbons (Fsp3) is 0.600. The summed E-state index contributed by atoms with van der Waals surface area (Å²) in [6, 6.07) is 0. The molecule has 0 aliphatic rings. The number of hydrogen-bond donors (Lipinski definition) is 2. The molecule has 0 N–H and O–H groups in total. The standard InChI is InChI=1S/2C5H9O2S.Zn/c2*1-2-3-7-5(6)4-8;/h2*4,8H,2-3H2,1H3;/q2*-1;+2. The Kier molecular flexibility index (Phi) is 24.0. The molecule has 0 heterocycles. The van der Waals surface area contributed by atoms with E-state index in [1.165, 1.54) is 0 Å². The maximum Gasteiger partial charge on any atom is 2.00 e. The maximum absolute atomic E-state index is 10.2. The first-order chi connectivity index (χ1) is 7.62. The van der Waals surface area contributed by atoms with Crippen molar-refractivity contribution in [1.29, 1.82) is 0 Å². The van der Waals surface area contributed by atoms with Crippen LogP contribution in [0, 0.1) is 11.5 Å². The predicted octanol–water partition coefficient (Wildman–Crippen LogP) is 2.06. The van der Waals surface area contributed by atoms with Crippen LogP contribution in [0.25, 0.3) is 0 Å². The molecule has 0 rings (SSSR count). The second-order valence-corrected chi connectivity index (χ2v) is 3.11. The van der Waals surface area contributed by atoms with Crippen LogP contribution in [-0.4, -0.2) is 25.2 Å². The van der Waals surface area contributed by atoms with Gasteiger partial charge < -0.3 is 34.7 Å². The first kappa shape index (κ1) is 22.2. The van der Waals surface area contributed by atoms with Gasteiger partial charge in [-0.1, -0.05) is 13.8 Å². The molecule has 7 heteroatoms. The minimum atomic E-state index is -0.366. The summed E-state index contributed by atoms with van der Waals surface area (Å²) in [5.41, 5.74) is 0. The number of carbonyl (C=O) groups is 2. The molecule has 17 heavy (non-hydrogen) atoms. The van der Waals surface area contributed by atoms with Crippen molar-refractivity contribution in [2.75, 3.05) is 13.2 Å². The Hall–Kier alpha value is 0.00338. The van der Waals surface area contributed by atoms with Crippen molar-refractivity contribution in [3.63, 3.8) is 0 Å². The van der Waals surface area contributed by atoms with E-state index in [-0.39, 0.29) is 31.4 Å². The fourth-order valence-corrected chi connectivity index (χ4v) is 0.629. The minimum absolute atomic E-state index is 0. The van der Waals surface area contributed by atoms with Crippen molar-refractivity contribution < 1.29 is 38.5 Å². The summed E-state index contributed by atoms with van der Waals surface area (Å²) >= 11 is 7.18. The van der Waals surface area contributed by atoms with Crippen LogP contribution in [-0.2, 0) is 38.5 Å². The van der Waals surface area contributed by atoms with Gasteiger partial charge in [0, 0.05) is 0 Å². The minimum Gasteiger partial charge on any atom is -0.487 e. The monoisotopic (exact) mass is 330 g/mol. The van der Waals surface area contributed by atoms with E-state index in [9.17, 15) is 9.59 Å². The summed E-state index contributed by atoms with van der Waals surface area (Å²) in [6.45, 7) is 4.84. The van der Waals surface area contributed by atoms with Gasteiger partial charge in [-0.2, -0.15) is 0 Å². The second-order valence-electron chi connectivity index (χ2n) is 2.59. The van der Waals surface area contributed by atoms with Crippen molar-refractivity contribution in [3.8, 4) is 0 Å². The van der Waals surface area contributed by atoms with Crippen LogP contribution in [0.5, 0.6) is 0 Å². The molecule has 0 spiro atoms. The van der Waals surface area contributed by atoms with Crippen molar-refractivity contribution in [1.82, 2.24) is 0 Å². The van der Waals surface area contributed by atoms with Crippen LogP contribution in [0.3, 0.4) is 0 Å². The number of esters is 2. The van der Waals surface area contributed by atoms with Crippen molar-refractivity contribution in [2.24, 2.45) is 0 Å². The molecular formula is C10H18O4S2Zn. The molecule has 0 aliphatic carbocycles. The van der Waals surface area contributed by atoms with Crippen LogP contribution in [0.4, 0.5) is 0 Å². The third kappa shape index (κ3) is 21.8. The summed E-state index contributed by atoms with van der Waals surface area (Å²) in [6.07, 6.45) is 1.71. The van der Waals surface area contributed by atoms with Gasteiger partial charge in [-0.25, -0.2) is 11.5 Å². The summed E-state index contributed by atoms with van der Waals surface area (Å²) in [7, 11) is 0. The largest absolute Gasteiger partial charge is 2.00 e. The Morgan fingerprint density at radius 3 is 1.41 bits per heavy atom. The Morgan fingerprint density at radius 1 is 0.941 bits per heavy atom. The van der Waals surface area contributed by atoms with E-state index in [1.807, 2.05) is 13.8 Å². The third-order valence-corrected chi connectivity index (χ3v) is 1.53. The number of rotatable bonds is 6. The number of carbonyl (C=O) groups excluding carboxylic acids is 2. The van der Waals surface area contributed by atoms with E-state index >= 15 is 0 Å². The van der Waals surface area contributed by atoms with E-state index in [1.54, 1.807) is 0 Å². The molecule has 0 atom stereocenters. The van der Waals surface area contributed by atoms with Crippen LogP contribution in [0.15, 0.2) is 0 Å². The SMILES string of the molecule is CCCOC(=O)[CH-]S.CCCOC(=O)[CH-]S.[Zn+2]. The smallest absolute Gasteiger partial charge is 0.487 e. The van der Waals surface area contributed by atoms with E-state index in [0.717, 1.165) is 24.3 Å². The fourth-order valence-electron chi connectivity index (χ4n) is 0.480. The molecule has 0 bridgehead atoms. The molecule has 0 unspecified atom stereocenters. The third-order valence-electron chi connectivity index (χ3n) is 1.11. The van der Waals surface area contributed by atoms with E-state index < -0.39 is 0 Å². The summed E-state index contributed by atoms with van der Waals surface area (Å²) < 4.78 is 9.14. The Morgan fingerprint density at radius 2 is 1.24 bits per heavy atom. The Bertz CT molecular complexity index is 171. The van der Waals surface area contributed by atoms with E-state index in [2.05, 4.69) is 34.7 Å².